The molecule has 1 aromatic heterocycles. The fraction of sp³-hybridized carbons (Fsp3) is 0.0952. The first-order valence-electron chi connectivity index (χ1n) is 8.70. The monoisotopic (exact) mass is 427 g/mol. The summed E-state index contributed by atoms with van der Waals surface area (Å²) < 4.78 is 12.9. The summed E-state index contributed by atoms with van der Waals surface area (Å²) >= 11 is 2.74. The number of rotatable bonds is 8. The van der Waals surface area contributed by atoms with Crippen LogP contribution in [0.25, 0.3) is 6.08 Å². The van der Waals surface area contributed by atoms with Crippen LogP contribution in [0.2, 0.25) is 0 Å². The van der Waals surface area contributed by atoms with Gasteiger partial charge < -0.3 is 5.32 Å². The number of hydrogen-bond acceptors (Lipinski definition) is 5. The number of anilines is 2. The summed E-state index contributed by atoms with van der Waals surface area (Å²) in [5.74, 6) is 0.0243. The Morgan fingerprint density at radius 3 is 2.59 bits per heavy atom. The van der Waals surface area contributed by atoms with Gasteiger partial charge in [-0.2, -0.15) is 0 Å². The maximum Gasteiger partial charge on any atom is 0.250 e. The molecule has 5 nitrogen and oxygen atoms in total. The second-order valence-electron chi connectivity index (χ2n) is 5.93. The van der Waals surface area contributed by atoms with Gasteiger partial charge in [0.15, 0.2) is 5.13 Å². The van der Waals surface area contributed by atoms with E-state index in [0.717, 1.165) is 11.3 Å². The van der Waals surface area contributed by atoms with Gasteiger partial charge in [-0.15, -0.1) is 23.1 Å². The number of carbonyl (C=O) groups is 2. The van der Waals surface area contributed by atoms with Crippen LogP contribution in [0.15, 0.2) is 66.1 Å². The number of halogens is 1. The molecular weight excluding hydrogens is 409 g/mol. The summed E-state index contributed by atoms with van der Waals surface area (Å²) in [4.78, 5) is 28.3. The van der Waals surface area contributed by atoms with Gasteiger partial charge >= 0.3 is 0 Å². The average molecular weight is 428 g/mol. The Bertz CT molecular complexity index is 989. The molecule has 0 bridgehead atoms. The molecule has 3 aromatic rings. The minimum atomic E-state index is -0.348. The van der Waals surface area contributed by atoms with Crippen molar-refractivity contribution in [2.24, 2.45) is 0 Å². The molecule has 0 saturated heterocycles. The number of hydrogen-bond donors (Lipinski definition) is 2. The van der Waals surface area contributed by atoms with E-state index >= 15 is 0 Å². The molecule has 29 heavy (non-hydrogen) atoms. The van der Waals surface area contributed by atoms with Crippen LogP contribution in [0.4, 0.5) is 15.2 Å². The Hall–Kier alpha value is -2.97. The summed E-state index contributed by atoms with van der Waals surface area (Å²) in [6, 6.07) is 15.2. The van der Waals surface area contributed by atoms with Gasteiger partial charge in [0, 0.05) is 22.9 Å². The van der Waals surface area contributed by atoms with Crippen molar-refractivity contribution in [1.29, 1.82) is 0 Å². The molecule has 0 aliphatic heterocycles. The molecule has 2 N–H and O–H groups in total. The molecule has 148 valence electrons. The lowest BCUT2D eigenvalue weighted by Gasteiger charge is -2.04. The Balaban J connectivity index is 1.40. The topological polar surface area (TPSA) is 71.1 Å². The van der Waals surface area contributed by atoms with Crippen LogP contribution in [-0.2, 0) is 15.3 Å². The molecule has 1 heterocycles. The predicted octanol–water partition coefficient (Wildman–Crippen LogP) is 4.81. The third-order valence-corrected chi connectivity index (χ3v) is 5.39. The lowest BCUT2D eigenvalue weighted by atomic mass is 10.2. The summed E-state index contributed by atoms with van der Waals surface area (Å²) in [6.45, 7) is 0. The Morgan fingerprint density at radius 2 is 1.83 bits per heavy atom. The lowest BCUT2D eigenvalue weighted by molar-refractivity contribution is -0.114. The van der Waals surface area contributed by atoms with Crippen molar-refractivity contribution >= 4 is 51.8 Å². The van der Waals surface area contributed by atoms with Crippen LogP contribution >= 0.6 is 23.1 Å². The van der Waals surface area contributed by atoms with Gasteiger partial charge in [-0.3, -0.25) is 14.9 Å². The van der Waals surface area contributed by atoms with Crippen molar-refractivity contribution in [1.82, 2.24) is 4.98 Å². The van der Waals surface area contributed by atoms with Gasteiger partial charge in [-0.25, -0.2) is 9.37 Å². The number of thiazole rings is 1. The van der Waals surface area contributed by atoms with Gasteiger partial charge in [-0.1, -0.05) is 30.3 Å². The fourth-order valence-electron chi connectivity index (χ4n) is 2.29. The summed E-state index contributed by atoms with van der Waals surface area (Å²) in [7, 11) is 0. The first-order valence-corrected chi connectivity index (χ1v) is 10.7. The molecular formula is C21H18FN3O2S2. The van der Waals surface area contributed by atoms with E-state index in [9.17, 15) is 14.0 Å². The number of aromatic nitrogens is 1. The van der Waals surface area contributed by atoms with Crippen molar-refractivity contribution in [3.63, 3.8) is 0 Å². The third-order valence-electron chi connectivity index (χ3n) is 3.62. The minimum absolute atomic E-state index is 0.170. The van der Waals surface area contributed by atoms with Crippen molar-refractivity contribution in [2.75, 3.05) is 16.4 Å². The van der Waals surface area contributed by atoms with Crippen molar-refractivity contribution in [3.8, 4) is 0 Å². The number of nitrogens with zero attached hydrogens (tertiary/aromatic N) is 1. The Kier molecular flexibility index (Phi) is 7.54. The molecule has 8 heteroatoms. The SMILES string of the molecule is O=C(/C=C/c1ccccc1)Nc1nc(CSCC(=O)Nc2ccc(F)cc2)cs1. The number of nitrogens with one attached hydrogen (secondary N) is 2. The van der Waals surface area contributed by atoms with Crippen molar-refractivity contribution < 1.29 is 14.0 Å². The summed E-state index contributed by atoms with van der Waals surface area (Å²) in [5.41, 5.74) is 2.29. The van der Waals surface area contributed by atoms with Crippen molar-refractivity contribution in [3.05, 3.63) is 83.1 Å². The highest BCUT2D eigenvalue weighted by Gasteiger charge is 2.07. The van der Waals surface area contributed by atoms with E-state index in [1.165, 1.54) is 53.4 Å². The third kappa shape index (κ3) is 7.17. The molecule has 0 fully saturated rings. The molecule has 0 unspecified atom stereocenters. The quantitative estimate of drug-likeness (QED) is 0.506. The van der Waals surface area contributed by atoms with E-state index in [1.807, 2.05) is 35.7 Å². The fourth-order valence-corrected chi connectivity index (χ4v) is 3.83. The Labute approximate surface area is 176 Å². The van der Waals surface area contributed by atoms with Crippen LogP contribution < -0.4 is 10.6 Å². The van der Waals surface area contributed by atoms with Crippen LogP contribution in [0.5, 0.6) is 0 Å². The van der Waals surface area contributed by atoms with E-state index in [1.54, 1.807) is 6.08 Å². The van der Waals surface area contributed by atoms with E-state index in [4.69, 9.17) is 0 Å². The molecule has 0 saturated carbocycles. The average Bonchev–Trinajstić information content (AvgIpc) is 3.16. The zero-order chi connectivity index (χ0) is 20.5. The van der Waals surface area contributed by atoms with Crippen molar-refractivity contribution in [2.45, 2.75) is 5.75 Å². The molecule has 0 spiro atoms. The highest BCUT2D eigenvalue weighted by atomic mass is 32.2. The van der Waals surface area contributed by atoms with E-state index in [0.29, 0.717) is 16.6 Å². The molecule has 3 rings (SSSR count). The number of benzene rings is 2. The number of thioether (sulfide) groups is 1. The van der Waals surface area contributed by atoms with Gasteiger partial charge in [-0.05, 0) is 35.9 Å². The second kappa shape index (κ2) is 10.5. The predicted molar refractivity (Wildman–Crippen MR) is 117 cm³/mol. The normalized spacial score (nSPS) is 10.8. The minimum Gasteiger partial charge on any atom is -0.325 e. The van der Waals surface area contributed by atoms with Gasteiger partial charge in [0.25, 0.3) is 0 Å². The smallest absolute Gasteiger partial charge is 0.250 e. The highest BCUT2D eigenvalue weighted by molar-refractivity contribution is 7.99. The van der Waals surface area contributed by atoms with E-state index in [-0.39, 0.29) is 23.4 Å². The van der Waals surface area contributed by atoms with Gasteiger partial charge in [0.2, 0.25) is 11.8 Å². The largest absolute Gasteiger partial charge is 0.325 e. The van der Waals surface area contributed by atoms with Crippen LogP contribution in [0.1, 0.15) is 11.3 Å². The highest BCUT2D eigenvalue weighted by Crippen LogP contribution is 2.20. The van der Waals surface area contributed by atoms with E-state index < -0.39 is 0 Å². The molecule has 2 amide bonds. The molecule has 0 atom stereocenters. The first kappa shape index (κ1) is 20.8. The molecule has 2 aromatic carbocycles. The van der Waals surface area contributed by atoms with Crippen LogP contribution in [-0.4, -0.2) is 22.6 Å². The zero-order valence-electron chi connectivity index (χ0n) is 15.3. The summed E-state index contributed by atoms with van der Waals surface area (Å²) in [6.07, 6.45) is 3.20. The van der Waals surface area contributed by atoms with Gasteiger partial charge in [0.05, 0.1) is 11.4 Å². The molecule has 0 radical (unpaired) electrons. The standard InChI is InChI=1S/C21H18FN3O2S2/c22-16-7-9-17(10-8-16)23-20(27)14-28-12-18-13-29-21(24-18)25-19(26)11-6-15-4-2-1-3-5-15/h1-11,13H,12,14H2,(H,23,27)(H,24,25,26)/b11-6+. The first-order chi connectivity index (χ1) is 14.1. The number of amides is 2. The molecule has 0 aliphatic carbocycles. The zero-order valence-corrected chi connectivity index (χ0v) is 16.9. The summed E-state index contributed by atoms with van der Waals surface area (Å²) in [5, 5.41) is 7.80. The second-order valence-corrected chi connectivity index (χ2v) is 7.77. The maximum absolute atomic E-state index is 12.9. The lowest BCUT2D eigenvalue weighted by Crippen LogP contribution is -2.14. The maximum atomic E-state index is 12.9. The van der Waals surface area contributed by atoms with Crippen LogP contribution in [0.3, 0.4) is 0 Å². The van der Waals surface area contributed by atoms with E-state index in [2.05, 4.69) is 15.6 Å². The molecule has 0 aliphatic rings. The number of carbonyl (C=O) groups excluding carboxylic acids is 2. The van der Waals surface area contributed by atoms with Crippen LogP contribution in [0, 0.1) is 5.82 Å². The van der Waals surface area contributed by atoms with Gasteiger partial charge in [0.1, 0.15) is 5.82 Å². The Morgan fingerprint density at radius 1 is 1.07 bits per heavy atom.